The molecule has 1 aromatic heterocycles. The van der Waals surface area contributed by atoms with E-state index >= 15 is 0 Å². The summed E-state index contributed by atoms with van der Waals surface area (Å²) in [5, 5.41) is 1.25. The van der Waals surface area contributed by atoms with E-state index in [9.17, 15) is 0 Å². The summed E-state index contributed by atoms with van der Waals surface area (Å²) in [7, 11) is 0. The summed E-state index contributed by atoms with van der Waals surface area (Å²) in [5.41, 5.74) is 8.65. The van der Waals surface area contributed by atoms with Gasteiger partial charge in [-0.05, 0) is 42.5 Å². The standard InChI is InChI=1S/C12H13BrN2/c13-8-3-4-11-9(5-8)10(6-15-11)12(14)7-1-2-7/h3-7,12,15H,1-2,14H2/t12-/m0/s1. The monoisotopic (exact) mass is 264 g/mol. The molecular formula is C12H13BrN2. The molecule has 0 unspecified atom stereocenters. The van der Waals surface area contributed by atoms with E-state index in [0.717, 1.165) is 4.47 Å². The molecule has 1 aromatic carbocycles. The van der Waals surface area contributed by atoms with Crippen molar-refractivity contribution in [2.24, 2.45) is 11.7 Å². The Labute approximate surface area is 97.0 Å². The van der Waals surface area contributed by atoms with E-state index in [4.69, 9.17) is 5.73 Å². The maximum Gasteiger partial charge on any atom is 0.0458 e. The van der Waals surface area contributed by atoms with Crippen LogP contribution in [0.4, 0.5) is 0 Å². The number of hydrogen-bond acceptors (Lipinski definition) is 1. The zero-order valence-electron chi connectivity index (χ0n) is 8.33. The Morgan fingerprint density at radius 1 is 1.40 bits per heavy atom. The fraction of sp³-hybridized carbons (Fsp3) is 0.333. The Hall–Kier alpha value is -0.800. The van der Waals surface area contributed by atoms with Crippen LogP contribution in [0.5, 0.6) is 0 Å². The lowest BCUT2D eigenvalue weighted by atomic mass is 10.0. The van der Waals surface area contributed by atoms with Gasteiger partial charge in [-0.3, -0.25) is 0 Å². The van der Waals surface area contributed by atoms with Gasteiger partial charge in [-0.15, -0.1) is 0 Å². The highest BCUT2D eigenvalue weighted by Crippen LogP contribution is 2.41. The molecule has 0 radical (unpaired) electrons. The highest BCUT2D eigenvalue weighted by molar-refractivity contribution is 9.10. The molecule has 1 atom stereocenters. The lowest BCUT2D eigenvalue weighted by Gasteiger charge is -2.08. The summed E-state index contributed by atoms with van der Waals surface area (Å²) in [4.78, 5) is 3.28. The number of hydrogen-bond donors (Lipinski definition) is 2. The van der Waals surface area contributed by atoms with Crippen molar-refractivity contribution in [3.63, 3.8) is 0 Å². The molecule has 3 heteroatoms. The van der Waals surface area contributed by atoms with E-state index in [1.54, 1.807) is 0 Å². The number of nitrogens with one attached hydrogen (secondary N) is 1. The lowest BCUT2D eigenvalue weighted by molar-refractivity contribution is 0.638. The van der Waals surface area contributed by atoms with Gasteiger partial charge in [0.1, 0.15) is 0 Å². The molecule has 1 aliphatic carbocycles. The lowest BCUT2D eigenvalue weighted by Crippen LogP contribution is -2.11. The third kappa shape index (κ3) is 1.60. The van der Waals surface area contributed by atoms with E-state index in [1.165, 1.54) is 29.3 Å². The second-order valence-electron chi connectivity index (χ2n) is 4.30. The predicted octanol–water partition coefficient (Wildman–Crippen LogP) is 3.34. The number of rotatable bonds is 2. The molecule has 1 aliphatic rings. The normalized spacial score (nSPS) is 18.3. The first-order valence-corrected chi connectivity index (χ1v) is 6.07. The molecule has 0 spiro atoms. The molecule has 1 saturated carbocycles. The summed E-state index contributed by atoms with van der Waals surface area (Å²) < 4.78 is 1.11. The first-order chi connectivity index (χ1) is 7.25. The number of aromatic nitrogens is 1. The van der Waals surface area contributed by atoms with Crippen LogP contribution in [0.3, 0.4) is 0 Å². The third-order valence-corrected chi connectivity index (χ3v) is 3.66. The number of fused-ring (bicyclic) bond motifs is 1. The topological polar surface area (TPSA) is 41.8 Å². The van der Waals surface area contributed by atoms with Crippen molar-refractivity contribution in [2.45, 2.75) is 18.9 Å². The fourth-order valence-electron chi connectivity index (χ4n) is 2.10. The SMILES string of the molecule is N[C@H](c1c[nH]c2ccc(Br)cc12)C1CC1. The van der Waals surface area contributed by atoms with Crippen molar-refractivity contribution in [1.82, 2.24) is 4.98 Å². The maximum absolute atomic E-state index is 6.23. The van der Waals surface area contributed by atoms with Gasteiger partial charge in [-0.1, -0.05) is 15.9 Å². The average molecular weight is 265 g/mol. The smallest absolute Gasteiger partial charge is 0.0458 e. The van der Waals surface area contributed by atoms with Crippen molar-refractivity contribution in [3.8, 4) is 0 Å². The second kappa shape index (κ2) is 3.35. The summed E-state index contributed by atoms with van der Waals surface area (Å²) in [6.45, 7) is 0. The van der Waals surface area contributed by atoms with Crippen LogP contribution in [-0.4, -0.2) is 4.98 Å². The Balaban J connectivity index is 2.13. The van der Waals surface area contributed by atoms with Crippen LogP contribution in [0, 0.1) is 5.92 Å². The molecule has 0 amide bonds. The van der Waals surface area contributed by atoms with Crippen molar-refractivity contribution < 1.29 is 0 Å². The fourth-order valence-corrected chi connectivity index (χ4v) is 2.46. The number of aromatic amines is 1. The molecule has 0 saturated heterocycles. The van der Waals surface area contributed by atoms with E-state index in [0.29, 0.717) is 5.92 Å². The van der Waals surface area contributed by atoms with Gasteiger partial charge in [-0.25, -0.2) is 0 Å². The minimum Gasteiger partial charge on any atom is -0.361 e. The van der Waals surface area contributed by atoms with Crippen molar-refractivity contribution >= 4 is 26.8 Å². The van der Waals surface area contributed by atoms with Gasteiger partial charge in [-0.2, -0.15) is 0 Å². The molecule has 78 valence electrons. The quantitative estimate of drug-likeness (QED) is 0.859. The van der Waals surface area contributed by atoms with Crippen molar-refractivity contribution in [3.05, 3.63) is 34.4 Å². The summed E-state index contributed by atoms with van der Waals surface area (Å²) in [6.07, 6.45) is 4.61. The van der Waals surface area contributed by atoms with Crippen molar-refractivity contribution in [2.75, 3.05) is 0 Å². The molecule has 0 aliphatic heterocycles. The summed E-state index contributed by atoms with van der Waals surface area (Å²) >= 11 is 3.50. The first kappa shape index (κ1) is 9.43. The van der Waals surface area contributed by atoms with Gasteiger partial charge in [0, 0.05) is 27.6 Å². The van der Waals surface area contributed by atoms with Crippen LogP contribution < -0.4 is 5.73 Å². The summed E-state index contributed by atoms with van der Waals surface area (Å²) in [6, 6.07) is 6.48. The number of H-pyrrole nitrogens is 1. The molecule has 0 bridgehead atoms. The average Bonchev–Trinajstić information content (AvgIpc) is 2.98. The van der Waals surface area contributed by atoms with Crippen LogP contribution in [0.25, 0.3) is 10.9 Å². The van der Waals surface area contributed by atoms with E-state index in [1.807, 2.05) is 6.07 Å². The van der Waals surface area contributed by atoms with Crippen molar-refractivity contribution in [1.29, 1.82) is 0 Å². The molecule has 1 heterocycles. The Morgan fingerprint density at radius 3 is 2.93 bits per heavy atom. The van der Waals surface area contributed by atoms with Gasteiger partial charge in [0.15, 0.2) is 0 Å². The number of halogens is 1. The van der Waals surface area contributed by atoms with E-state index in [-0.39, 0.29) is 6.04 Å². The molecule has 2 nitrogen and oxygen atoms in total. The van der Waals surface area contributed by atoms with E-state index < -0.39 is 0 Å². The van der Waals surface area contributed by atoms with Crippen LogP contribution >= 0.6 is 15.9 Å². The van der Waals surface area contributed by atoms with Gasteiger partial charge in [0.2, 0.25) is 0 Å². The van der Waals surface area contributed by atoms with Gasteiger partial charge < -0.3 is 10.7 Å². The summed E-state index contributed by atoms with van der Waals surface area (Å²) in [5.74, 6) is 0.697. The Morgan fingerprint density at radius 2 is 2.20 bits per heavy atom. The van der Waals surface area contributed by atoms with Gasteiger partial charge in [0.05, 0.1) is 0 Å². The zero-order chi connectivity index (χ0) is 10.4. The number of benzene rings is 1. The highest BCUT2D eigenvalue weighted by atomic mass is 79.9. The number of nitrogens with two attached hydrogens (primary N) is 1. The van der Waals surface area contributed by atoms with E-state index in [2.05, 4.69) is 39.2 Å². The molecule has 3 N–H and O–H groups in total. The van der Waals surface area contributed by atoms with Gasteiger partial charge >= 0.3 is 0 Å². The highest BCUT2D eigenvalue weighted by Gasteiger charge is 2.30. The second-order valence-corrected chi connectivity index (χ2v) is 5.21. The van der Waals surface area contributed by atoms with Gasteiger partial charge in [0.25, 0.3) is 0 Å². The Kier molecular flexibility index (Phi) is 2.11. The largest absolute Gasteiger partial charge is 0.361 e. The van der Waals surface area contributed by atoms with Crippen LogP contribution in [-0.2, 0) is 0 Å². The molecule has 1 fully saturated rings. The Bertz CT molecular complexity index is 499. The van der Waals surface area contributed by atoms with Crippen LogP contribution in [0.1, 0.15) is 24.4 Å². The minimum atomic E-state index is 0.202. The first-order valence-electron chi connectivity index (χ1n) is 5.28. The predicted molar refractivity (Wildman–Crippen MR) is 65.7 cm³/mol. The third-order valence-electron chi connectivity index (χ3n) is 3.16. The maximum atomic E-state index is 6.23. The molecule has 3 rings (SSSR count). The zero-order valence-corrected chi connectivity index (χ0v) is 9.92. The molecule has 2 aromatic rings. The van der Waals surface area contributed by atoms with Crippen LogP contribution in [0.2, 0.25) is 0 Å². The molecular weight excluding hydrogens is 252 g/mol. The van der Waals surface area contributed by atoms with Crippen LogP contribution in [0.15, 0.2) is 28.9 Å². The molecule has 15 heavy (non-hydrogen) atoms. The minimum absolute atomic E-state index is 0.202.